The molecule has 6 N–H and O–H groups in total. The first kappa shape index (κ1) is 28.8. The van der Waals surface area contributed by atoms with E-state index in [0.29, 0.717) is 13.0 Å². The first-order valence-electron chi connectivity index (χ1n) is 12.3. The van der Waals surface area contributed by atoms with Crippen molar-refractivity contribution >= 4 is 0 Å². The minimum Gasteiger partial charge on any atom is -0.394 e. The van der Waals surface area contributed by atoms with Crippen LogP contribution in [0.5, 0.6) is 0 Å². The molecule has 196 valence electrons. The minimum atomic E-state index is -1.86. The highest BCUT2D eigenvalue weighted by atomic mass is 16.8. The van der Waals surface area contributed by atoms with Gasteiger partial charge in [0.25, 0.3) is 0 Å². The third-order valence-corrected chi connectivity index (χ3v) is 6.61. The molecule has 0 radical (unpaired) electrons. The standard InChI is InChI=1S/C23H44O10/c1-4-6-7-8-9-10-12-30-22-20(23(29,11-5-2)19(28)15(13-24)32-22)33-21-18(27)17(26)16(25)14(3)31-21/h14-22,24-29H,4-13H2,1-3H3/t14-,15+,16+,17+,18-,19-,20-,21-,22+,23+/m0/s1. The third kappa shape index (κ3) is 7.07. The van der Waals surface area contributed by atoms with Crippen molar-refractivity contribution in [1.29, 1.82) is 0 Å². The van der Waals surface area contributed by atoms with Crippen molar-refractivity contribution < 1.29 is 49.6 Å². The van der Waals surface area contributed by atoms with Crippen LogP contribution < -0.4 is 0 Å². The quantitative estimate of drug-likeness (QED) is 0.201. The number of ether oxygens (including phenoxy) is 4. The van der Waals surface area contributed by atoms with Gasteiger partial charge in [0, 0.05) is 6.61 Å². The monoisotopic (exact) mass is 480 g/mol. The van der Waals surface area contributed by atoms with E-state index in [9.17, 15) is 30.6 Å². The van der Waals surface area contributed by atoms with E-state index in [1.165, 1.54) is 13.3 Å². The average molecular weight is 481 g/mol. The Morgan fingerprint density at radius 1 is 0.818 bits per heavy atom. The lowest BCUT2D eigenvalue weighted by Gasteiger charge is -2.51. The molecule has 2 rings (SSSR count). The van der Waals surface area contributed by atoms with Gasteiger partial charge in [-0.1, -0.05) is 52.4 Å². The summed E-state index contributed by atoms with van der Waals surface area (Å²) in [5, 5.41) is 62.4. The number of rotatable bonds is 13. The summed E-state index contributed by atoms with van der Waals surface area (Å²) in [6.45, 7) is 5.29. The van der Waals surface area contributed by atoms with Crippen LogP contribution in [0.1, 0.15) is 72.1 Å². The van der Waals surface area contributed by atoms with Crippen LogP contribution in [0, 0.1) is 0 Å². The van der Waals surface area contributed by atoms with Crippen molar-refractivity contribution in [3.05, 3.63) is 0 Å². The Morgan fingerprint density at radius 3 is 2.12 bits per heavy atom. The molecule has 2 aliphatic heterocycles. The molecule has 0 spiro atoms. The van der Waals surface area contributed by atoms with Crippen LogP contribution in [0.25, 0.3) is 0 Å². The van der Waals surface area contributed by atoms with Gasteiger partial charge in [-0.05, 0) is 19.8 Å². The van der Waals surface area contributed by atoms with Crippen molar-refractivity contribution in [2.24, 2.45) is 0 Å². The van der Waals surface area contributed by atoms with Gasteiger partial charge in [0.15, 0.2) is 12.6 Å². The van der Waals surface area contributed by atoms with E-state index in [4.69, 9.17) is 18.9 Å². The molecule has 0 aromatic rings. The lowest BCUT2D eigenvalue weighted by atomic mass is 9.80. The maximum Gasteiger partial charge on any atom is 0.187 e. The smallest absolute Gasteiger partial charge is 0.187 e. The fraction of sp³-hybridized carbons (Fsp3) is 1.00. The molecule has 0 saturated carbocycles. The third-order valence-electron chi connectivity index (χ3n) is 6.61. The van der Waals surface area contributed by atoms with Crippen LogP contribution in [0.15, 0.2) is 0 Å². The SMILES string of the molecule is CCCCCCCCO[C@@H]1O[C@H](CO)[C@H](O)[C@](O)(CCC)[C@H]1O[C@@H]1O[C@@H](C)[C@@H](O)[C@@H](O)[C@@H]1O. The molecule has 2 aliphatic rings. The van der Waals surface area contributed by atoms with Crippen LogP contribution in [0.2, 0.25) is 0 Å². The summed E-state index contributed by atoms with van der Waals surface area (Å²) in [5.41, 5.74) is -1.86. The second-order valence-corrected chi connectivity index (χ2v) is 9.29. The second-order valence-electron chi connectivity index (χ2n) is 9.29. The van der Waals surface area contributed by atoms with Gasteiger partial charge in [-0.2, -0.15) is 0 Å². The Bertz CT molecular complexity index is 551. The van der Waals surface area contributed by atoms with Gasteiger partial charge in [-0.15, -0.1) is 0 Å². The van der Waals surface area contributed by atoms with E-state index in [0.717, 1.165) is 32.1 Å². The Labute approximate surface area is 196 Å². The van der Waals surface area contributed by atoms with Crippen LogP contribution in [-0.4, -0.2) is 105 Å². The largest absolute Gasteiger partial charge is 0.394 e. The fourth-order valence-corrected chi connectivity index (χ4v) is 4.54. The zero-order chi connectivity index (χ0) is 24.6. The number of unbranched alkanes of at least 4 members (excludes halogenated alkanes) is 5. The predicted octanol–water partition coefficient (Wildman–Crippen LogP) is 0.186. The second kappa shape index (κ2) is 13.6. The lowest BCUT2D eigenvalue weighted by Crippen LogP contribution is -2.70. The Balaban J connectivity index is 2.15. The normalized spacial score (nSPS) is 41.9. The molecule has 0 bridgehead atoms. The topological polar surface area (TPSA) is 158 Å². The molecular formula is C23H44O10. The molecule has 10 heteroatoms. The number of aliphatic hydroxyl groups is 6. The number of aliphatic hydroxyl groups excluding tert-OH is 5. The first-order chi connectivity index (χ1) is 15.7. The van der Waals surface area contributed by atoms with Crippen molar-refractivity contribution in [2.75, 3.05) is 13.2 Å². The van der Waals surface area contributed by atoms with Crippen LogP contribution in [0.3, 0.4) is 0 Å². The summed E-state index contributed by atoms with van der Waals surface area (Å²) >= 11 is 0. The highest BCUT2D eigenvalue weighted by Gasteiger charge is 2.58. The van der Waals surface area contributed by atoms with Gasteiger partial charge >= 0.3 is 0 Å². The van der Waals surface area contributed by atoms with Crippen molar-refractivity contribution in [3.8, 4) is 0 Å². The molecule has 2 heterocycles. The van der Waals surface area contributed by atoms with E-state index in [-0.39, 0.29) is 6.42 Å². The lowest BCUT2D eigenvalue weighted by molar-refractivity contribution is -0.385. The van der Waals surface area contributed by atoms with Crippen molar-refractivity contribution in [2.45, 2.75) is 133 Å². The molecule has 33 heavy (non-hydrogen) atoms. The molecule has 0 aliphatic carbocycles. The van der Waals surface area contributed by atoms with Crippen LogP contribution >= 0.6 is 0 Å². The first-order valence-corrected chi connectivity index (χ1v) is 12.3. The summed E-state index contributed by atoms with van der Waals surface area (Å²) < 4.78 is 23.1. The maximum atomic E-state index is 11.5. The number of hydrogen-bond donors (Lipinski definition) is 6. The predicted molar refractivity (Wildman–Crippen MR) is 118 cm³/mol. The molecule has 10 nitrogen and oxygen atoms in total. The summed E-state index contributed by atoms with van der Waals surface area (Å²) in [6.07, 6.45) is -4.71. The summed E-state index contributed by atoms with van der Waals surface area (Å²) in [6, 6.07) is 0. The zero-order valence-electron chi connectivity index (χ0n) is 20.1. The molecule has 10 atom stereocenters. The Kier molecular flexibility index (Phi) is 11.9. The van der Waals surface area contributed by atoms with Gasteiger partial charge in [0.2, 0.25) is 0 Å². The maximum absolute atomic E-state index is 11.5. The fourth-order valence-electron chi connectivity index (χ4n) is 4.54. The highest BCUT2D eigenvalue weighted by molar-refractivity contribution is 5.03. The van der Waals surface area contributed by atoms with Gasteiger partial charge < -0.3 is 49.6 Å². The van der Waals surface area contributed by atoms with Crippen LogP contribution in [-0.2, 0) is 18.9 Å². The van der Waals surface area contributed by atoms with E-state index < -0.39 is 67.5 Å². The summed E-state index contributed by atoms with van der Waals surface area (Å²) in [4.78, 5) is 0. The molecule has 0 aromatic heterocycles. The Morgan fingerprint density at radius 2 is 1.48 bits per heavy atom. The minimum absolute atomic E-state index is 0.110. The van der Waals surface area contributed by atoms with Gasteiger partial charge in [-0.25, -0.2) is 0 Å². The van der Waals surface area contributed by atoms with E-state index in [1.54, 1.807) is 0 Å². The highest BCUT2D eigenvalue weighted by Crippen LogP contribution is 2.38. The van der Waals surface area contributed by atoms with Gasteiger partial charge in [0.05, 0.1) is 12.7 Å². The molecule has 2 saturated heterocycles. The Hall–Kier alpha value is -0.400. The van der Waals surface area contributed by atoms with E-state index in [1.807, 2.05) is 6.92 Å². The van der Waals surface area contributed by atoms with E-state index in [2.05, 4.69) is 6.92 Å². The zero-order valence-corrected chi connectivity index (χ0v) is 20.1. The average Bonchev–Trinajstić information content (AvgIpc) is 2.79. The molecule has 2 fully saturated rings. The molecular weight excluding hydrogens is 436 g/mol. The molecule has 0 aromatic carbocycles. The summed E-state index contributed by atoms with van der Waals surface area (Å²) in [5.74, 6) is 0. The van der Waals surface area contributed by atoms with Crippen LogP contribution in [0.4, 0.5) is 0 Å². The summed E-state index contributed by atoms with van der Waals surface area (Å²) in [7, 11) is 0. The molecule has 0 unspecified atom stereocenters. The van der Waals surface area contributed by atoms with Gasteiger partial charge in [0.1, 0.15) is 42.2 Å². The van der Waals surface area contributed by atoms with Crippen molar-refractivity contribution in [1.82, 2.24) is 0 Å². The number of hydrogen-bond acceptors (Lipinski definition) is 10. The molecule has 0 amide bonds. The van der Waals surface area contributed by atoms with E-state index >= 15 is 0 Å². The van der Waals surface area contributed by atoms with Crippen molar-refractivity contribution in [3.63, 3.8) is 0 Å². The van der Waals surface area contributed by atoms with Gasteiger partial charge in [-0.3, -0.25) is 0 Å².